The van der Waals surface area contributed by atoms with Crippen LogP contribution < -0.4 is 10.2 Å². The summed E-state index contributed by atoms with van der Waals surface area (Å²) in [4.78, 5) is 0. The van der Waals surface area contributed by atoms with E-state index in [1.807, 2.05) is 18.2 Å². The van der Waals surface area contributed by atoms with Crippen molar-refractivity contribution in [2.45, 2.75) is 0 Å². The molecule has 0 bridgehead atoms. The zero-order chi connectivity index (χ0) is 17.3. The number of hydrogen-bond donors (Lipinski definition) is 2. The van der Waals surface area contributed by atoms with Crippen molar-refractivity contribution in [2.75, 3.05) is 26.9 Å². The van der Waals surface area contributed by atoms with E-state index in [-0.39, 0.29) is 13.2 Å². The summed E-state index contributed by atoms with van der Waals surface area (Å²) < 4.78 is 0.681. The van der Waals surface area contributed by atoms with Crippen molar-refractivity contribution in [3.8, 4) is 5.75 Å². The largest absolute Gasteiger partial charge is 0.506 e. The van der Waals surface area contributed by atoms with Crippen LogP contribution in [0.15, 0.2) is 64.8 Å². The maximum Gasteiger partial charge on any atom is 0.143 e. The number of nitrogens with two attached hydrogens (primary N) is 1. The predicted molar refractivity (Wildman–Crippen MR) is 107 cm³/mol. The van der Waals surface area contributed by atoms with Gasteiger partial charge in [0, 0.05) is 17.1 Å². The molecule has 0 amide bonds. The third kappa shape index (κ3) is 3.95. The third-order valence-electron chi connectivity index (χ3n) is 3.89. The normalized spacial score (nSPS) is 11.6. The SMILES string of the molecule is C[N+](C)(C)c1ccc2ccc(O)c(N=Nc3ccc(N)cc3)c2c1.[CH3-]. The maximum absolute atomic E-state index is 10.2. The lowest BCUT2D eigenvalue weighted by atomic mass is 10.1. The van der Waals surface area contributed by atoms with Crippen LogP contribution in [-0.2, 0) is 0 Å². The highest BCUT2D eigenvalue weighted by molar-refractivity contribution is 5.97. The summed E-state index contributed by atoms with van der Waals surface area (Å²) in [6.07, 6.45) is 0. The van der Waals surface area contributed by atoms with Crippen LogP contribution in [0.25, 0.3) is 10.8 Å². The molecule has 0 saturated carbocycles. The van der Waals surface area contributed by atoms with Crippen molar-refractivity contribution in [2.24, 2.45) is 10.2 Å². The molecule has 25 heavy (non-hydrogen) atoms. The molecule has 0 fully saturated rings. The van der Waals surface area contributed by atoms with Crippen molar-refractivity contribution >= 4 is 33.5 Å². The quantitative estimate of drug-likeness (QED) is 0.299. The Morgan fingerprint density at radius 1 is 0.880 bits per heavy atom. The lowest BCUT2D eigenvalue weighted by Gasteiger charge is -2.23. The highest BCUT2D eigenvalue weighted by Crippen LogP contribution is 2.38. The number of nitrogens with zero attached hydrogens (tertiary/aromatic N) is 3. The highest BCUT2D eigenvalue weighted by atomic mass is 16.3. The Morgan fingerprint density at radius 3 is 2.16 bits per heavy atom. The van der Waals surface area contributed by atoms with Gasteiger partial charge >= 0.3 is 0 Å². The van der Waals surface area contributed by atoms with Gasteiger partial charge in [-0.15, -0.1) is 5.11 Å². The van der Waals surface area contributed by atoms with Crippen LogP contribution in [0.5, 0.6) is 5.75 Å². The van der Waals surface area contributed by atoms with E-state index in [4.69, 9.17) is 5.73 Å². The first-order chi connectivity index (χ1) is 11.3. The Hall–Kier alpha value is -2.92. The Labute approximate surface area is 148 Å². The van der Waals surface area contributed by atoms with Crippen LogP contribution in [0.3, 0.4) is 0 Å². The van der Waals surface area contributed by atoms with Gasteiger partial charge in [0.15, 0.2) is 0 Å². The molecule has 0 unspecified atom stereocenters. The molecule has 0 aliphatic carbocycles. The number of nitrogen functional groups attached to an aromatic ring is 1. The Morgan fingerprint density at radius 2 is 1.52 bits per heavy atom. The molecule has 5 nitrogen and oxygen atoms in total. The van der Waals surface area contributed by atoms with E-state index in [0.717, 1.165) is 16.5 Å². The summed E-state index contributed by atoms with van der Waals surface area (Å²) in [5, 5.41) is 20.6. The number of anilines is 1. The van der Waals surface area contributed by atoms with E-state index >= 15 is 0 Å². The molecule has 130 valence electrons. The summed E-state index contributed by atoms with van der Waals surface area (Å²) >= 11 is 0. The second-order valence-corrected chi connectivity index (χ2v) is 6.64. The second-order valence-electron chi connectivity index (χ2n) is 6.64. The second kappa shape index (κ2) is 6.91. The van der Waals surface area contributed by atoms with Crippen LogP contribution >= 0.6 is 0 Å². The van der Waals surface area contributed by atoms with E-state index in [1.165, 1.54) is 0 Å². The van der Waals surface area contributed by atoms with Crippen LogP contribution in [-0.4, -0.2) is 26.2 Å². The Kier molecular flexibility index (Phi) is 5.09. The lowest BCUT2D eigenvalue weighted by molar-refractivity contribution is 0.477. The number of quaternary nitrogens is 1. The molecule has 0 spiro atoms. The van der Waals surface area contributed by atoms with Crippen LogP contribution in [0.1, 0.15) is 0 Å². The van der Waals surface area contributed by atoms with Crippen molar-refractivity contribution in [3.63, 3.8) is 0 Å². The number of phenols is 1. The molecule has 3 aromatic carbocycles. The van der Waals surface area contributed by atoms with E-state index < -0.39 is 0 Å². The lowest BCUT2D eigenvalue weighted by Crippen LogP contribution is -2.34. The topological polar surface area (TPSA) is 71.0 Å². The van der Waals surface area contributed by atoms with Crippen molar-refractivity contribution < 1.29 is 5.11 Å². The molecule has 3 N–H and O–H groups in total. The minimum absolute atomic E-state index is 0. The molecule has 3 aromatic rings. The fourth-order valence-corrected chi connectivity index (χ4v) is 2.45. The molecule has 0 radical (unpaired) electrons. The van der Waals surface area contributed by atoms with Gasteiger partial charge in [0.2, 0.25) is 0 Å². The predicted octanol–water partition coefficient (Wildman–Crippen LogP) is 5.19. The first kappa shape index (κ1) is 18.4. The molecule has 0 heterocycles. The molecular weight excluding hydrogens is 312 g/mol. The minimum Gasteiger partial charge on any atom is -0.506 e. The number of aromatic hydroxyl groups is 1. The molecule has 0 atom stereocenters. The van der Waals surface area contributed by atoms with E-state index in [0.29, 0.717) is 21.5 Å². The zero-order valence-corrected chi connectivity index (χ0v) is 15.1. The number of fused-ring (bicyclic) bond motifs is 1. The zero-order valence-electron chi connectivity index (χ0n) is 15.1. The molecule has 0 aromatic heterocycles. The average molecular weight is 336 g/mol. The first-order valence-corrected chi connectivity index (χ1v) is 7.69. The standard InChI is InChI=1S/C19H20N4O.CH3/c1-23(2,3)16-10-4-13-5-11-18(24)19(17(13)12-16)22-21-15-8-6-14(20)7-9-15;/h4-12H,1-3H3,(H2-,20,21,22,24);1H3/q;-1/p+1. The number of phenolic OH excluding ortho intramolecular Hbond substituents is 1. The minimum atomic E-state index is 0. The Balaban J connectivity index is 0.00000225. The third-order valence-corrected chi connectivity index (χ3v) is 3.89. The monoisotopic (exact) mass is 336 g/mol. The molecular formula is C20H24N4O. The van der Waals surface area contributed by atoms with Crippen LogP contribution in [0, 0.1) is 7.43 Å². The van der Waals surface area contributed by atoms with Crippen molar-refractivity contribution in [3.05, 3.63) is 62.0 Å². The fourth-order valence-electron chi connectivity index (χ4n) is 2.45. The van der Waals surface area contributed by atoms with Crippen LogP contribution in [0.2, 0.25) is 0 Å². The van der Waals surface area contributed by atoms with Gasteiger partial charge in [-0.25, -0.2) is 0 Å². The number of benzene rings is 3. The number of hydrogen-bond acceptors (Lipinski definition) is 4. The summed E-state index contributed by atoms with van der Waals surface area (Å²) in [5.74, 6) is 0.111. The first-order valence-electron chi connectivity index (χ1n) is 7.69. The van der Waals surface area contributed by atoms with Gasteiger partial charge in [0.25, 0.3) is 0 Å². The van der Waals surface area contributed by atoms with Gasteiger partial charge in [-0.2, -0.15) is 5.11 Å². The van der Waals surface area contributed by atoms with E-state index in [2.05, 4.69) is 37.4 Å². The van der Waals surface area contributed by atoms with E-state index in [9.17, 15) is 5.11 Å². The van der Waals surface area contributed by atoms with Gasteiger partial charge in [-0.1, -0.05) is 6.07 Å². The molecule has 0 aliphatic rings. The van der Waals surface area contributed by atoms with E-state index in [1.54, 1.807) is 30.3 Å². The van der Waals surface area contributed by atoms with Crippen LogP contribution in [0.4, 0.5) is 22.7 Å². The van der Waals surface area contributed by atoms with Gasteiger partial charge in [-0.3, -0.25) is 4.48 Å². The molecule has 5 heteroatoms. The van der Waals surface area contributed by atoms with Gasteiger partial charge in [0.05, 0.1) is 26.8 Å². The van der Waals surface area contributed by atoms with Gasteiger partial charge in [-0.05, 0) is 47.9 Å². The fraction of sp³-hybridized carbons (Fsp3) is 0.150. The van der Waals surface area contributed by atoms with Gasteiger partial charge in [0.1, 0.15) is 17.1 Å². The summed E-state index contributed by atoms with van der Waals surface area (Å²) in [7, 11) is 6.29. The summed E-state index contributed by atoms with van der Waals surface area (Å²) in [6, 6.07) is 16.8. The number of azo groups is 1. The molecule has 3 rings (SSSR count). The highest BCUT2D eigenvalue weighted by Gasteiger charge is 2.15. The van der Waals surface area contributed by atoms with Crippen molar-refractivity contribution in [1.82, 2.24) is 4.48 Å². The molecule has 0 saturated heterocycles. The summed E-state index contributed by atoms with van der Waals surface area (Å²) in [5.41, 5.74) is 8.63. The van der Waals surface area contributed by atoms with Gasteiger partial charge < -0.3 is 18.3 Å². The van der Waals surface area contributed by atoms with Crippen molar-refractivity contribution in [1.29, 1.82) is 0 Å². The summed E-state index contributed by atoms with van der Waals surface area (Å²) in [6.45, 7) is 0. The smallest absolute Gasteiger partial charge is 0.143 e. The average Bonchev–Trinajstić information content (AvgIpc) is 2.54. The Bertz CT molecular complexity index is 909. The molecule has 0 aliphatic heterocycles. The maximum atomic E-state index is 10.2. The number of rotatable bonds is 3.